The molecule has 0 bridgehead atoms. The molecule has 154 valence electrons. The largest absolute Gasteiger partial charge is 0.455 e. The number of hydrogen-bond donors (Lipinski definition) is 2. The molecule has 0 atom stereocenters. The number of para-hydroxylation sites is 2. The van der Waals surface area contributed by atoms with E-state index in [0.29, 0.717) is 27.0 Å². The zero-order chi connectivity index (χ0) is 21.2. The summed E-state index contributed by atoms with van der Waals surface area (Å²) in [7, 11) is 0. The summed E-state index contributed by atoms with van der Waals surface area (Å²) < 4.78 is 4.93. The predicted octanol–water partition coefficient (Wildman–Crippen LogP) is 3.15. The van der Waals surface area contributed by atoms with Crippen LogP contribution < -0.4 is 10.6 Å². The van der Waals surface area contributed by atoms with Crippen molar-refractivity contribution >= 4 is 46.5 Å². The first kappa shape index (κ1) is 22.3. The zero-order valence-electron chi connectivity index (χ0n) is 15.0. The second-order valence-electron chi connectivity index (χ2n) is 5.62. The van der Waals surface area contributed by atoms with Crippen LogP contribution in [0.2, 0.25) is 10.0 Å². The number of amides is 1. The first-order chi connectivity index (χ1) is 13.9. The van der Waals surface area contributed by atoms with E-state index in [9.17, 15) is 19.7 Å². The van der Waals surface area contributed by atoms with Crippen LogP contribution in [0.1, 0.15) is 5.56 Å². The van der Waals surface area contributed by atoms with Crippen molar-refractivity contribution < 1.29 is 24.3 Å². The number of halogens is 2. The van der Waals surface area contributed by atoms with E-state index in [0.717, 1.165) is 0 Å². The number of nitrogens with one attached hydrogen (secondary N) is 2. The maximum absolute atomic E-state index is 12.1. The molecule has 0 aliphatic rings. The van der Waals surface area contributed by atoms with Crippen molar-refractivity contribution in [2.45, 2.75) is 6.42 Å². The maximum atomic E-state index is 12.1. The van der Waals surface area contributed by atoms with E-state index in [4.69, 9.17) is 27.9 Å². The molecular weight excluding hydrogens is 425 g/mol. The van der Waals surface area contributed by atoms with Gasteiger partial charge in [-0.15, -0.1) is 10.1 Å². The molecule has 2 aromatic rings. The highest BCUT2D eigenvalue weighted by Crippen LogP contribution is 2.33. The van der Waals surface area contributed by atoms with Gasteiger partial charge in [0.2, 0.25) is 0 Å². The number of nitrogens with zero attached hydrogens (tertiary/aromatic N) is 1. The third-order valence-electron chi connectivity index (χ3n) is 3.56. The Bertz CT molecular complexity index is 873. The second-order valence-corrected chi connectivity index (χ2v) is 6.44. The summed E-state index contributed by atoms with van der Waals surface area (Å²) in [5.41, 5.74) is 1.74. The Morgan fingerprint density at radius 1 is 1.07 bits per heavy atom. The van der Waals surface area contributed by atoms with E-state index < -0.39 is 23.6 Å². The molecule has 2 aromatic carbocycles. The van der Waals surface area contributed by atoms with Gasteiger partial charge in [-0.2, -0.15) is 0 Å². The maximum Gasteiger partial charge on any atom is 0.310 e. The van der Waals surface area contributed by atoms with Gasteiger partial charge in [-0.25, -0.2) is 0 Å². The van der Waals surface area contributed by atoms with Gasteiger partial charge in [0.15, 0.2) is 6.61 Å². The monoisotopic (exact) mass is 441 g/mol. The number of carbonyl (C=O) groups is 2. The Morgan fingerprint density at radius 2 is 1.76 bits per heavy atom. The van der Waals surface area contributed by atoms with Gasteiger partial charge in [-0.05, 0) is 23.8 Å². The lowest BCUT2D eigenvalue weighted by Crippen LogP contribution is -2.32. The summed E-state index contributed by atoms with van der Waals surface area (Å²) in [5.74, 6) is -1.22. The van der Waals surface area contributed by atoms with Crippen LogP contribution in [0.4, 0.5) is 11.4 Å². The SMILES string of the molecule is O=C(COC(=O)Cc1ccccc1Nc1c(Cl)cccc1Cl)NCCO[N+](=O)[O-]. The van der Waals surface area contributed by atoms with Crippen LogP contribution in [0, 0.1) is 10.1 Å². The average molecular weight is 442 g/mol. The molecule has 0 unspecified atom stereocenters. The minimum atomic E-state index is -0.965. The highest BCUT2D eigenvalue weighted by molar-refractivity contribution is 6.39. The van der Waals surface area contributed by atoms with Crippen molar-refractivity contribution in [2.75, 3.05) is 25.1 Å². The number of hydrogen-bond acceptors (Lipinski definition) is 7. The van der Waals surface area contributed by atoms with Crippen molar-refractivity contribution in [2.24, 2.45) is 0 Å². The minimum absolute atomic E-state index is 0.0806. The van der Waals surface area contributed by atoms with E-state index >= 15 is 0 Å². The second kappa shape index (κ2) is 11.1. The number of rotatable bonds is 10. The molecule has 0 saturated heterocycles. The van der Waals surface area contributed by atoms with Gasteiger partial charge < -0.3 is 20.2 Å². The average Bonchev–Trinajstić information content (AvgIpc) is 2.67. The molecule has 0 saturated carbocycles. The number of benzene rings is 2. The summed E-state index contributed by atoms with van der Waals surface area (Å²) in [5, 5.41) is 15.3. The van der Waals surface area contributed by atoms with Crippen molar-refractivity contribution in [1.29, 1.82) is 0 Å². The lowest BCUT2D eigenvalue weighted by Gasteiger charge is -2.14. The Labute approximate surface area is 176 Å². The van der Waals surface area contributed by atoms with E-state index in [1.54, 1.807) is 42.5 Å². The summed E-state index contributed by atoms with van der Waals surface area (Å²) >= 11 is 12.3. The molecule has 29 heavy (non-hydrogen) atoms. The Hall–Kier alpha value is -3.04. The summed E-state index contributed by atoms with van der Waals surface area (Å²) in [6, 6.07) is 12.1. The first-order valence-corrected chi connectivity index (χ1v) is 9.11. The molecule has 9 nitrogen and oxygen atoms in total. The molecule has 0 aromatic heterocycles. The van der Waals surface area contributed by atoms with Gasteiger partial charge in [0, 0.05) is 12.2 Å². The fourth-order valence-electron chi connectivity index (χ4n) is 2.26. The van der Waals surface area contributed by atoms with Crippen molar-refractivity contribution in [3.8, 4) is 0 Å². The van der Waals surface area contributed by atoms with Crippen LogP contribution in [0.25, 0.3) is 0 Å². The quantitative estimate of drug-likeness (QED) is 0.251. The number of esters is 1. The third kappa shape index (κ3) is 7.47. The zero-order valence-corrected chi connectivity index (χ0v) is 16.5. The smallest absolute Gasteiger partial charge is 0.310 e. The van der Waals surface area contributed by atoms with Gasteiger partial charge in [-0.3, -0.25) is 9.59 Å². The van der Waals surface area contributed by atoms with Gasteiger partial charge in [0.25, 0.3) is 11.0 Å². The molecule has 2 N–H and O–H groups in total. The highest BCUT2D eigenvalue weighted by Gasteiger charge is 2.13. The van der Waals surface area contributed by atoms with Crippen molar-refractivity contribution in [3.63, 3.8) is 0 Å². The van der Waals surface area contributed by atoms with E-state index in [2.05, 4.69) is 15.5 Å². The predicted molar refractivity (Wildman–Crippen MR) is 107 cm³/mol. The summed E-state index contributed by atoms with van der Waals surface area (Å²) in [6.07, 6.45) is -0.0943. The standard InChI is InChI=1S/C18H17Cl2N3O6/c19-13-5-3-6-14(20)18(13)22-15-7-2-1-4-12(15)10-17(25)28-11-16(24)21-8-9-29-23(26)27/h1-7,22H,8-11H2,(H,21,24). The van der Waals surface area contributed by atoms with Gasteiger partial charge in [0.05, 0.1) is 22.2 Å². The van der Waals surface area contributed by atoms with Crippen LogP contribution in [0.15, 0.2) is 42.5 Å². The van der Waals surface area contributed by atoms with Gasteiger partial charge in [0.1, 0.15) is 6.61 Å². The fraction of sp³-hybridized carbons (Fsp3) is 0.222. The van der Waals surface area contributed by atoms with Crippen molar-refractivity contribution in [3.05, 3.63) is 68.2 Å². The Kier molecular flexibility index (Phi) is 8.50. The molecule has 0 heterocycles. The Balaban J connectivity index is 1.89. The molecule has 0 aliphatic heterocycles. The van der Waals surface area contributed by atoms with E-state index in [-0.39, 0.29) is 19.6 Å². The number of anilines is 2. The molecule has 1 amide bonds. The van der Waals surface area contributed by atoms with Crippen LogP contribution >= 0.6 is 23.2 Å². The van der Waals surface area contributed by atoms with Crippen LogP contribution in [0.3, 0.4) is 0 Å². The van der Waals surface area contributed by atoms with Gasteiger partial charge in [-0.1, -0.05) is 47.5 Å². The third-order valence-corrected chi connectivity index (χ3v) is 4.19. The fourth-order valence-corrected chi connectivity index (χ4v) is 2.75. The summed E-state index contributed by atoms with van der Waals surface area (Å²) in [4.78, 5) is 37.7. The van der Waals surface area contributed by atoms with E-state index in [1.807, 2.05) is 0 Å². The molecule has 0 aliphatic carbocycles. The number of carbonyl (C=O) groups excluding carboxylic acids is 2. The Morgan fingerprint density at radius 3 is 2.45 bits per heavy atom. The van der Waals surface area contributed by atoms with Crippen LogP contribution in [0.5, 0.6) is 0 Å². The normalized spacial score (nSPS) is 10.1. The lowest BCUT2D eigenvalue weighted by atomic mass is 10.1. The van der Waals surface area contributed by atoms with Crippen LogP contribution in [-0.2, 0) is 25.6 Å². The van der Waals surface area contributed by atoms with Gasteiger partial charge >= 0.3 is 5.97 Å². The lowest BCUT2D eigenvalue weighted by molar-refractivity contribution is -0.757. The summed E-state index contributed by atoms with van der Waals surface area (Å²) in [6.45, 7) is -0.887. The first-order valence-electron chi connectivity index (χ1n) is 8.35. The van der Waals surface area contributed by atoms with E-state index in [1.165, 1.54) is 0 Å². The molecule has 0 radical (unpaired) electrons. The van der Waals surface area contributed by atoms with Crippen molar-refractivity contribution in [1.82, 2.24) is 5.32 Å². The molecule has 2 rings (SSSR count). The molecule has 0 fully saturated rings. The molecule has 11 heteroatoms. The minimum Gasteiger partial charge on any atom is -0.455 e. The molecular formula is C18H17Cl2N3O6. The highest BCUT2D eigenvalue weighted by atomic mass is 35.5. The topological polar surface area (TPSA) is 120 Å². The number of ether oxygens (including phenoxy) is 1. The molecule has 0 spiro atoms. The van der Waals surface area contributed by atoms with Crippen LogP contribution in [-0.4, -0.2) is 36.7 Å².